The third kappa shape index (κ3) is 9.71. The molecule has 68 valence electrons. The van der Waals surface area contributed by atoms with E-state index in [1.165, 1.54) is 0 Å². The molecular weight excluding hydrogens is 172 g/mol. The van der Waals surface area contributed by atoms with E-state index in [9.17, 15) is 9.59 Å². The van der Waals surface area contributed by atoms with Crippen molar-refractivity contribution in [2.24, 2.45) is 0 Å². The summed E-state index contributed by atoms with van der Waals surface area (Å²) in [6, 6.07) is 0. The van der Waals surface area contributed by atoms with Crippen molar-refractivity contribution in [2.75, 3.05) is 6.61 Å². The minimum absolute atomic E-state index is 0. The third-order valence-electron chi connectivity index (χ3n) is 1.06. The molecule has 0 aliphatic carbocycles. The Morgan fingerprint density at radius 3 is 2.42 bits per heavy atom. The van der Waals surface area contributed by atoms with Crippen LogP contribution in [0.5, 0.6) is 0 Å². The van der Waals surface area contributed by atoms with E-state index in [1.807, 2.05) is 6.92 Å². The average molecular weight is 186 g/mol. The molecule has 0 aliphatic heterocycles. The summed E-state index contributed by atoms with van der Waals surface area (Å²) in [6.45, 7) is 2.29. The van der Waals surface area contributed by atoms with Gasteiger partial charge in [-0.2, -0.15) is 0 Å². The highest BCUT2D eigenvalue weighted by atomic mass is 24.3. The Hall–Kier alpha value is -0.294. The van der Waals surface area contributed by atoms with Crippen LogP contribution in [0.2, 0.25) is 0 Å². The van der Waals surface area contributed by atoms with Crippen molar-refractivity contribution in [3.63, 3.8) is 0 Å². The third-order valence-corrected chi connectivity index (χ3v) is 1.06. The molecule has 0 saturated carbocycles. The Balaban J connectivity index is 0. The van der Waals surface area contributed by atoms with Crippen LogP contribution in [0.1, 0.15) is 26.2 Å². The lowest BCUT2D eigenvalue weighted by atomic mass is 10.3. The number of esters is 1. The molecule has 4 nitrogen and oxygen atoms in total. The van der Waals surface area contributed by atoms with Gasteiger partial charge in [-0.05, 0) is 6.42 Å². The number of aliphatic carboxylic acids is 1. The van der Waals surface area contributed by atoms with Gasteiger partial charge in [-0.15, -0.1) is 0 Å². The molecule has 0 heterocycles. The maximum atomic E-state index is 10.5. The van der Waals surface area contributed by atoms with E-state index < -0.39 is 18.4 Å². The zero-order valence-electron chi connectivity index (χ0n) is 6.50. The van der Waals surface area contributed by atoms with E-state index in [0.29, 0.717) is 6.61 Å². The summed E-state index contributed by atoms with van der Waals surface area (Å²) in [5.41, 5.74) is 0. The number of carboxylic acid groups (broad SMARTS) is 1. The minimum Gasteiger partial charge on any atom is -0.481 e. The number of carbonyl (C=O) groups is 2. The van der Waals surface area contributed by atoms with Crippen LogP contribution in [0.15, 0.2) is 0 Å². The Morgan fingerprint density at radius 2 is 2.00 bits per heavy atom. The van der Waals surface area contributed by atoms with Crippen LogP contribution in [0.4, 0.5) is 0 Å². The molecule has 0 aromatic heterocycles. The van der Waals surface area contributed by atoms with Crippen molar-refractivity contribution < 1.29 is 19.4 Å². The fourth-order valence-corrected chi connectivity index (χ4v) is 0.505. The molecule has 0 aromatic carbocycles. The standard InChI is InChI=1S/C7H12O4.Mg.2H/c1-2-3-4-11-7(10)5-6(8)9;;;/h2-5H2,1H3,(H,8,9);;;. The van der Waals surface area contributed by atoms with E-state index in [0.717, 1.165) is 12.8 Å². The van der Waals surface area contributed by atoms with Gasteiger partial charge in [0.15, 0.2) is 0 Å². The van der Waals surface area contributed by atoms with Gasteiger partial charge in [0.1, 0.15) is 6.42 Å². The van der Waals surface area contributed by atoms with Crippen LogP contribution in [0.25, 0.3) is 0 Å². The Labute approximate surface area is 87.4 Å². The van der Waals surface area contributed by atoms with Gasteiger partial charge in [0.05, 0.1) is 6.61 Å². The highest BCUT2D eigenvalue weighted by molar-refractivity contribution is 5.90. The fourth-order valence-electron chi connectivity index (χ4n) is 0.505. The van der Waals surface area contributed by atoms with Gasteiger partial charge < -0.3 is 9.84 Å². The molecule has 1 N–H and O–H groups in total. The van der Waals surface area contributed by atoms with Gasteiger partial charge in [0.2, 0.25) is 0 Å². The second kappa shape index (κ2) is 8.80. The molecule has 0 aromatic rings. The summed E-state index contributed by atoms with van der Waals surface area (Å²) in [6.07, 6.45) is 1.18. The number of hydrogen-bond acceptors (Lipinski definition) is 3. The Bertz CT molecular complexity index is 146. The second-order valence-electron chi connectivity index (χ2n) is 2.14. The lowest BCUT2D eigenvalue weighted by Crippen LogP contribution is -2.10. The van der Waals surface area contributed by atoms with Crippen LogP contribution < -0.4 is 0 Å². The molecule has 0 radical (unpaired) electrons. The fraction of sp³-hybridized carbons (Fsp3) is 0.714. The van der Waals surface area contributed by atoms with Crippen LogP contribution in [-0.2, 0) is 14.3 Å². The van der Waals surface area contributed by atoms with E-state index in [-0.39, 0.29) is 23.1 Å². The summed E-state index contributed by atoms with van der Waals surface area (Å²) in [4.78, 5) is 20.5. The number of unbranched alkanes of at least 4 members (excludes halogenated alkanes) is 1. The molecule has 0 unspecified atom stereocenters. The van der Waals surface area contributed by atoms with Crippen LogP contribution in [-0.4, -0.2) is 46.7 Å². The molecule has 0 atom stereocenters. The van der Waals surface area contributed by atoms with Gasteiger partial charge in [-0.3, -0.25) is 9.59 Å². The molecule has 0 spiro atoms. The zero-order valence-corrected chi connectivity index (χ0v) is 6.50. The largest absolute Gasteiger partial charge is 0.481 e. The Kier molecular flexibility index (Phi) is 10.4. The van der Waals surface area contributed by atoms with Crippen LogP contribution in [0, 0.1) is 0 Å². The number of carboxylic acids is 1. The SMILES string of the molecule is CCCCOC(=O)CC(=O)O.[MgH2]. The number of carbonyl (C=O) groups excluding carboxylic acids is 1. The Morgan fingerprint density at radius 1 is 1.42 bits per heavy atom. The quantitative estimate of drug-likeness (QED) is 0.282. The van der Waals surface area contributed by atoms with Gasteiger partial charge >= 0.3 is 35.0 Å². The summed E-state index contributed by atoms with van der Waals surface area (Å²) >= 11 is 0. The predicted octanol–water partition coefficient (Wildman–Crippen LogP) is -0.112. The summed E-state index contributed by atoms with van der Waals surface area (Å²) < 4.78 is 4.57. The lowest BCUT2D eigenvalue weighted by molar-refractivity contribution is -0.151. The first kappa shape index (κ1) is 14.2. The van der Waals surface area contributed by atoms with Gasteiger partial charge in [-0.1, -0.05) is 13.3 Å². The highest BCUT2D eigenvalue weighted by Gasteiger charge is 2.07. The van der Waals surface area contributed by atoms with Crippen molar-refractivity contribution in [1.29, 1.82) is 0 Å². The minimum atomic E-state index is -1.15. The number of rotatable bonds is 5. The molecule has 0 bridgehead atoms. The smallest absolute Gasteiger partial charge is 0.317 e. The van der Waals surface area contributed by atoms with E-state index in [2.05, 4.69) is 4.74 Å². The maximum Gasteiger partial charge on any atom is 0.317 e. The van der Waals surface area contributed by atoms with Crippen molar-refractivity contribution in [2.45, 2.75) is 26.2 Å². The van der Waals surface area contributed by atoms with Gasteiger partial charge in [0, 0.05) is 0 Å². The van der Waals surface area contributed by atoms with E-state index in [4.69, 9.17) is 5.11 Å². The van der Waals surface area contributed by atoms with Crippen molar-refractivity contribution in [3.8, 4) is 0 Å². The summed E-state index contributed by atoms with van der Waals surface area (Å²) in [5, 5.41) is 8.14. The van der Waals surface area contributed by atoms with Crippen molar-refractivity contribution in [1.82, 2.24) is 0 Å². The molecule has 0 amide bonds. The van der Waals surface area contributed by atoms with Gasteiger partial charge in [0.25, 0.3) is 0 Å². The van der Waals surface area contributed by atoms with Crippen molar-refractivity contribution >= 4 is 35.0 Å². The molecule has 0 rings (SSSR count). The topological polar surface area (TPSA) is 63.6 Å². The number of hydrogen-bond donors (Lipinski definition) is 1. The molecular formula is C7H14MgO4. The molecule has 0 saturated heterocycles. The first-order valence-electron chi connectivity index (χ1n) is 3.54. The lowest BCUT2D eigenvalue weighted by Gasteiger charge is -1.99. The first-order chi connectivity index (χ1) is 5.16. The van der Waals surface area contributed by atoms with Crippen molar-refractivity contribution in [3.05, 3.63) is 0 Å². The highest BCUT2D eigenvalue weighted by Crippen LogP contribution is 1.91. The van der Waals surface area contributed by atoms with Gasteiger partial charge in [-0.25, -0.2) is 0 Å². The zero-order chi connectivity index (χ0) is 8.69. The second-order valence-corrected chi connectivity index (χ2v) is 2.14. The molecule has 12 heavy (non-hydrogen) atoms. The summed E-state index contributed by atoms with van der Waals surface area (Å²) in [7, 11) is 0. The first-order valence-corrected chi connectivity index (χ1v) is 3.54. The monoisotopic (exact) mass is 186 g/mol. The number of ether oxygens (including phenoxy) is 1. The molecule has 0 aliphatic rings. The van der Waals surface area contributed by atoms with E-state index >= 15 is 0 Å². The van der Waals surface area contributed by atoms with E-state index in [1.54, 1.807) is 0 Å². The maximum absolute atomic E-state index is 10.5. The summed E-state index contributed by atoms with van der Waals surface area (Å²) in [5.74, 6) is -1.81. The average Bonchev–Trinajstić information content (AvgIpc) is 1.86. The van der Waals surface area contributed by atoms with Crippen LogP contribution in [0.3, 0.4) is 0 Å². The van der Waals surface area contributed by atoms with Crippen LogP contribution >= 0.6 is 0 Å². The normalized spacial score (nSPS) is 8.42. The molecule has 0 fully saturated rings. The molecule has 5 heteroatoms. The predicted molar refractivity (Wildman–Crippen MR) is 46.7 cm³/mol.